The van der Waals surface area contributed by atoms with E-state index in [-0.39, 0.29) is 6.04 Å². The SMILES string of the molecule is CCOc1ccc(C2=NN3C(C2)c2cc(Cl)ccc2OC3c2cc(OC)ccc2OC)cc1. The van der Waals surface area contributed by atoms with E-state index in [1.807, 2.05) is 72.6 Å². The predicted molar refractivity (Wildman–Crippen MR) is 128 cm³/mol. The van der Waals surface area contributed by atoms with Gasteiger partial charge in [0.1, 0.15) is 23.0 Å². The summed E-state index contributed by atoms with van der Waals surface area (Å²) in [5.41, 5.74) is 3.89. The van der Waals surface area contributed by atoms with Crippen molar-refractivity contribution in [1.29, 1.82) is 0 Å². The largest absolute Gasteiger partial charge is 0.497 e. The summed E-state index contributed by atoms with van der Waals surface area (Å²) in [6.07, 6.45) is 0.252. The van der Waals surface area contributed by atoms with Crippen molar-refractivity contribution in [3.63, 3.8) is 0 Å². The van der Waals surface area contributed by atoms with Crippen molar-refractivity contribution in [2.45, 2.75) is 25.6 Å². The third-order valence-corrected chi connectivity index (χ3v) is 6.19. The van der Waals surface area contributed by atoms with E-state index in [1.165, 1.54) is 0 Å². The number of fused-ring (bicyclic) bond motifs is 3. The van der Waals surface area contributed by atoms with Gasteiger partial charge in [-0.2, -0.15) is 5.10 Å². The third-order valence-electron chi connectivity index (χ3n) is 5.95. The van der Waals surface area contributed by atoms with Crippen LogP contribution in [0.25, 0.3) is 0 Å². The molecule has 0 saturated heterocycles. The van der Waals surface area contributed by atoms with Crippen LogP contribution in [0.15, 0.2) is 65.8 Å². The molecule has 7 heteroatoms. The molecule has 3 aromatic carbocycles. The van der Waals surface area contributed by atoms with Gasteiger partial charge in [-0.3, -0.25) is 0 Å². The summed E-state index contributed by atoms with van der Waals surface area (Å²) >= 11 is 6.35. The quantitative estimate of drug-likeness (QED) is 0.448. The fraction of sp³-hybridized carbons (Fsp3) is 0.269. The number of methoxy groups -OCH3 is 2. The van der Waals surface area contributed by atoms with E-state index in [0.29, 0.717) is 17.4 Å². The topological polar surface area (TPSA) is 52.5 Å². The van der Waals surface area contributed by atoms with Crippen LogP contribution >= 0.6 is 11.6 Å². The van der Waals surface area contributed by atoms with Crippen LogP contribution < -0.4 is 18.9 Å². The maximum absolute atomic E-state index is 6.47. The molecule has 2 aliphatic rings. The molecule has 2 aliphatic heterocycles. The first-order chi connectivity index (χ1) is 16.1. The Morgan fingerprint density at radius 3 is 2.48 bits per heavy atom. The number of rotatable bonds is 6. The first-order valence-corrected chi connectivity index (χ1v) is 11.3. The highest BCUT2D eigenvalue weighted by Gasteiger charge is 2.42. The molecule has 0 amide bonds. The Morgan fingerprint density at radius 1 is 0.970 bits per heavy atom. The van der Waals surface area contributed by atoms with Crippen molar-refractivity contribution >= 4 is 17.3 Å². The Labute approximate surface area is 198 Å². The Kier molecular flexibility index (Phi) is 5.77. The monoisotopic (exact) mass is 464 g/mol. The normalized spacial score (nSPS) is 18.7. The molecule has 5 rings (SSSR count). The van der Waals surface area contributed by atoms with Gasteiger partial charge in [0, 0.05) is 17.0 Å². The lowest BCUT2D eigenvalue weighted by Crippen LogP contribution is -2.34. The van der Waals surface area contributed by atoms with Crippen molar-refractivity contribution in [2.24, 2.45) is 5.10 Å². The van der Waals surface area contributed by atoms with Gasteiger partial charge in [0.15, 0.2) is 0 Å². The number of hydrogen-bond donors (Lipinski definition) is 0. The van der Waals surface area contributed by atoms with E-state index < -0.39 is 6.23 Å². The molecule has 6 nitrogen and oxygen atoms in total. The van der Waals surface area contributed by atoms with Gasteiger partial charge in [0.2, 0.25) is 6.23 Å². The lowest BCUT2D eigenvalue weighted by Gasteiger charge is -2.38. The second-order valence-corrected chi connectivity index (χ2v) is 8.30. The Balaban J connectivity index is 1.58. The number of ether oxygens (including phenoxy) is 4. The van der Waals surface area contributed by atoms with Gasteiger partial charge in [-0.05, 0) is 73.2 Å². The zero-order valence-electron chi connectivity index (χ0n) is 18.7. The van der Waals surface area contributed by atoms with E-state index in [0.717, 1.165) is 46.1 Å². The maximum atomic E-state index is 6.47. The van der Waals surface area contributed by atoms with Gasteiger partial charge in [-0.15, -0.1) is 0 Å². The molecule has 3 aromatic rings. The van der Waals surface area contributed by atoms with Crippen LogP contribution in [0, 0.1) is 0 Å². The van der Waals surface area contributed by atoms with Crippen LogP contribution in [0.3, 0.4) is 0 Å². The molecule has 2 atom stereocenters. The number of hydrogen-bond acceptors (Lipinski definition) is 6. The summed E-state index contributed by atoms with van der Waals surface area (Å²) in [4.78, 5) is 0. The van der Waals surface area contributed by atoms with Crippen LogP contribution in [-0.2, 0) is 0 Å². The van der Waals surface area contributed by atoms with Gasteiger partial charge in [-0.25, -0.2) is 5.01 Å². The molecule has 0 saturated carbocycles. The summed E-state index contributed by atoms with van der Waals surface area (Å²) in [7, 11) is 3.30. The van der Waals surface area contributed by atoms with E-state index in [2.05, 4.69) is 0 Å². The van der Waals surface area contributed by atoms with Crippen molar-refractivity contribution in [1.82, 2.24) is 5.01 Å². The number of benzene rings is 3. The molecule has 2 heterocycles. The number of hydrazone groups is 1. The van der Waals surface area contributed by atoms with Crippen molar-refractivity contribution in [2.75, 3.05) is 20.8 Å². The average molecular weight is 465 g/mol. The molecule has 0 N–H and O–H groups in total. The summed E-state index contributed by atoms with van der Waals surface area (Å²) in [5, 5.41) is 7.69. The summed E-state index contributed by atoms with van der Waals surface area (Å²) in [6, 6.07) is 19.4. The van der Waals surface area contributed by atoms with Gasteiger partial charge in [-0.1, -0.05) is 11.6 Å². The smallest absolute Gasteiger partial charge is 0.217 e. The number of halogens is 1. The summed E-state index contributed by atoms with van der Waals surface area (Å²) < 4.78 is 23.2. The highest BCUT2D eigenvalue weighted by Crippen LogP contribution is 2.49. The lowest BCUT2D eigenvalue weighted by atomic mass is 9.95. The zero-order valence-corrected chi connectivity index (χ0v) is 19.5. The van der Waals surface area contributed by atoms with Crippen LogP contribution in [0.1, 0.15) is 42.3 Å². The van der Waals surface area contributed by atoms with E-state index >= 15 is 0 Å². The van der Waals surface area contributed by atoms with Crippen LogP contribution in [-0.4, -0.2) is 31.5 Å². The van der Waals surface area contributed by atoms with Crippen LogP contribution in [0.2, 0.25) is 5.02 Å². The summed E-state index contributed by atoms with van der Waals surface area (Å²) in [5.74, 6) is 3.07. The van der Waals surface area contributed by atoms with Gasteiger partial charge in [0.05, 0.1) is 38.1 Å². The Bertz CT molecular complexity index is 1200. The van der Waals surface area contributed by atoms with Gasteiger partial charge in [0.25, 0.3) is 0 Å². The van der Waals surface area contributed by atoms with E-state index in [4.69, 9.17) is 35.6 Å². The first kappa shape index (κ1) is 21.5. The predicted octanol–water partition coefficient (Wildman–Crippen LogP) is 6.00. The van der Waals surface area contributed by atoms with Crippen molar-refractivity contribution in [3.05, 3.63) is 82.4 Å². The third kappa shape index (κ3) is 3.95. The molecule has 0 bridgehead atoms. The molecule has 0 aliphatic carbocycles. The minimum atomic E-state index is -0.478. The molecule has 33 heavy (non-hydrogen) atoms. The fourth-order valence-corrected chi connectivity index (χ4v) is 4.56. The summed E-state index contributed by atoms with van der Waals surface area (Å²) in [6.45, 7) is 2.61. The lowest BCUT2D eigenvalue weighted by molar-refractivity contribution is -0.0204. The van der Waals surface area contributed by atoms with Crippen LogP contribution in [0.4, 0.5) is 0 Å². The Morgan fingerprint density at radius 2 is 1.76 bits per heavy atom. The fourth-order valence-electron chi connectivity index (χ4n) is 4.38. The zero-order chi connectivity index (χ0) is 22.9. The van der Waals surface area contributed by atoms with Crippen molar-refractivity contribution < 1.29 is 18.9 Å². The molecular formula is C26H25ClN2O4. The molecule has 0 aromatic heterocycles. The molecule has 0 radical (unpaired) electrons. The number of nitrogens with zero attached hydrogens (tertiary/aromatic N) is 2. The van der Waals surface area contributed by atoms with Crippen LogP contribution in [0.5, 0.6) is 23.0 Å². The Hall–Kier alpha value is -3.38. The average Bonchev–Trinajstić information content (AvgIpc) is 3.30. The molecule has 0 spiro atoms. The molecule has 2 unspecified atom stereocenters. The molecular weight excluding hydrogens is 440 g/mol. The second kappa shape index (κ2) is 8.87. The maximum Gasteiger partial charge on any atom is 0.217 e. The molecule has 0 fully saturated rings. The first-order valence-electron chi connectivity index (χ1n) is 10.9. The van der Waals surface area contributed by atoms with E-state index in [9.17, 15) is 0 Å². The van der Waals surface area contributed by atoms with E-state index in [1.54, 1.807) is 14.2 Å². The van der Waals surface area contributed by atoms with Gasteiger partial charge >= 0.3 is 0 Å². The minimum absolute atomic E-state index is 0.0186. The highest BCUT2D eigenvalue weighted by molar-refractivity contribution is 6.30. The minimum Gasteiger partial charge on any atom is -0.497 e. The standard InChI is InChI=1S/C26H25ClN2O4/c1-4-32-18-8-5-16(6-9-18)22-15-23-20-13-17(27)7-11-25(20)33-26(29(23)28-22)21-14-19(30-2)10-12-24(21)31-3/h5-14,23,26H,4,15H2,1-3H3. The second-order valence-electron chi connectivity index (χ2n) is 7.86. The van der Waals surface area contributed by atoms with Crippen molar-refractivity contribution in [3.8, 4) is 23.0 Å². The highest BCUT2D eigenvalue weighted by atomic mass is 35.5. The molecule has 170 valence electrons. The van der Waals surface area contributed by atoms with Gasteiger partial charge < -0.3 is 18.9 Å².